The molecule has 0 spiro atoms. The van der Waals surface area contributed by atoms with Gasteiger partial charge < -0.3 is 15.3 Å². The van der Waals surface area contributed by atoms with E-state index in [1.54, 1.807) is 12.1 Å². The summed E-state index contributed by atoms with van der Waals surface area (Å²) in [5.74, 6) is -2.06. The van der Waals surface area contributed by atoms with E-state index in [1.807, 2.05) is 43.3 Å². The van der Waals surface area contributed by atoms with Gasteiger partial charge in [-0.3, -0.25) is 14.5 Å². The highest BCUT2D eigenvalue weighted by molar-refractivity contribution is 6.32. The Kier molecular flexibility index (Phi) is 8.53. The first-order chi connectivity index (χ1) is 17.8. The molecule has 4 rings (SSSR count). The van der Waals surface area contributed by atoms with Crippen molar-refractivity contribution >= 4 is 35.1 Å². The molecule has 2 aromatic rings. The first-order valence-corrected chi connectivity index (χ1v) is 13.2. The minimum Gasteiger partial charge on any atom is -0.508 e. The van der Waals surface area contributed by atoms with Gasteiger partial charge in [-0.05, 0) is 72.2 Å². The van der Waals surface area contributed by atoms with Crippen LogP contribution < -0.4 is 0 Å². The van der Waals surface area contributed by atoms with E-state index in [9.17, 15) is 24.9 Å². The Hall–Kier alpha value is -2.93. The van der Waals surface area contributed by atoms with E-state index in [1.165, 1.54) is 18.0 Å². The number of likely N-dealkylation sites (tertiary alicyclic amines) is 1. The van der Waals surface area contributed by atoms with Crippen LogP contribution in [-0.4, -0.2) is 51.8 Å². The van der Waals surface area contributed by atoms with Gasteiger partial charge >= 0.3 is 0 Å². The lowest BCUT2D eigenvalue weighted by Crippen LogP contribution is -2.39. The number of phenols is 1. The summed E-state index contributed by atoms with van der Waals surface area (Å²) in [4.78, 5) is 26.8. The monoisotopic (exact) mass is 523 g/mol. The zero-order valence-electron chi connectivity index (χ0n) is 21.2. The third-order valence-electron chi connectivity index (χ3n) is 7.66. The smallest absolute Gasteiger partial charge is 0.233 e. The Labute approximate surface area is 222 Å². The molecule has 2 aliphatic rings. The minimum atomic E-state index is -0.865. The lowest BCUT2D eigenvalue weighted by Gasteiger charge is -2.36. The number of benzene rings is 2. The van der Waals surface area contributed by atoms with Gasteiger partial charge in [-0.15, -0.1) is 0 Å². The van der Waals surface area contributed by atoms with Crippen LogP contribution in [0, 0.1) is 17.8 Å². The maximum absolute atomic E-state index is 12.9. The largest absolute Gasteiger partial charge is 0.508 e. The number of phenolic OH excluding ortho intramolecular Hbond substituents is 1. The van der Waals surface area contributed by atoms with E-state index in [4.69, 9.17) is 11.6 Å². The summed E-state index contributed by atoms with van der Waals surface area (Å²) in [6.45, 7) is 1.75. The van der Waals surface area contributed by atoms with Crippen molar-refractivity contribution in [3.63, 3.8) is 0 Å². The van der Waals surface area contributed by atoms with Crippen molar-refractivity contribution in [2.24, 2.45) is 17.8 Å². The number of halogens is 1. The van der Waals surface area contributed by atoms with Crippen molar-refractivity contribution in [2.45, 2.75) is 45.1 Å². The molecule has 196 valence electrons. The highest BCUT2D eigenvalue weighted by Crippen LogP contribution is 2.47. The maximum Gasteiger partial charge on any atom is 0.233 e. The fourth-order valence-electron chi connectivity index (χ4n) is 5.88. The van der Waals surface area contributed by atoms with Crippen LogP contribution in [0.3, 0.4) is 0 Å². The molecule has 2 aromatic carbocycles. The SMILES string of the molecule is CCCC1=C([C@H](O)CC/C(=C/c2ccc(O)cc2Cl)c2ccccc2)[C@H](CO)[C@@H]2C(=O)N(C)C(=O)[C@@H]2C1. The average Bonchev–Trinajstić information content (AvgIpc) is 3.11. The van der Waals surface area contributed by atoms with Crippen molar-refractivity contribution in [1.29, 1.82) is 0 Å². The molecule has 1 fully saturated rings. The highest BCUT2D eigenvalue weighted by atomic mass is 35.5. The first kappa shape index (κ1) is 27.1. The van der Waals surface area contributed by atoms with Gasteiger partial charge in [0.05, 0.1) is 29.6 Å². The molecule has 0 aromatic heterocycles. The standard InChI is InChI=1S/C30H34ClNO5/c1-3-7-21-15-23-28(30(37)32(2)29(23)36)24(17-33)27(21)26(35)13-11-19(18-8-5-4-6-9-18)14-20-10-12-22(34)16-25(20)31/h4-6,8-10,12,14,16,23-24,26,28,33-35H,3,7,11,13,15,17H2,1-2H3/b19-14-/t23-,24+,26-,28-/m1/s1. The fourth-order valence-corrected chi connectivity index (χ4v) is 6.11. The zero-order chi connectivity index (χ0) is 26.7. The Morgan fingerprint density at radius 3 is 2.54 bits per heavy atom. The van der Waals surface area contributed by atoms with Gasteiger partial charge in [-0.2, -0.15) is 0 Å². The Morgan fingerprint density at radius 2 is 1.89 bits per heavy atom. The molecule has 1 heterocycles. The Balaban J connectivity index is 1.65. The number of hydrogen-bond acceptors (Lipinski definition) is 5. The van der Waals surface area contributed by atoms with Crippen molar-refractivity contribution in [1.82, 2.24) is 4.90 Å². The molecule has 2 amide bonds. The number of fused-ring (bicyclic) bond motifs is 1. The number of carbonyl (C=O) groups is 2. The van der Waals surface area contributed by atoms with Gasteiger partial charge in [-0.1, -0.05) is 60.9 Å². The fraction of sp³-hybridized carbons (Fsp3) is 0.400. The number of carbonyl (C=O) groups excluding carboxylic acids is 2. The molecule has 3 N–H and O–H groups in total. The number of aliphatic hydroxyl groups is 2. The second-order valence-corrected chi connectivity index (χ2v) is 10.4. The lowest BCUT2D eigenvalue weighted by molar-refractivity contribution is -0.138. The van der Waals surface area contributed by atoms with Crippen LogP contribution >= 0.6 is 11.6 Å². The summed E-state index contributed by atoms with van der Waals surface area (Å²) in [6.07, 6.45) is 3.99. The molecule has 0 saturated carbocycles. The molecule has 37 heavy (non-hydrogen) atoms. The summed E-state index contributed by atoms with van der Waals surface area (Å²) in [6, 6.07) is 14.6. The van der Waals surface area contributed by atoms with Gasteiger partial charge in [0.1, 0.15) is 5.75 Å². The molecule has 7 heteroatoms. The molecule has 1 aliphatic heterocycles. The number of aliphatic hydroxyl groups excluding tert-OH is 2. The van der Waals surface area contributed by atoms with Crippen molar-refractivity contribution in [3.05, 3.63) is 75.8 Å². The van der Waals surface area contributed by atoms with Gasteiger partial charge in [0, 0.05) is 13.0 Å². The van der Waals surface area contributed by atoms with Crippen LogP contribution in [0.1, 0.15) is 50.2 Å². The van der Waals surface area contributed by atoms with E-state index in [0.717, 1.165) is 34.3 Å². The van der Waals surface area contributed by atoms with E-state index in [2.05, 4.69) is 0 Å². The zero-order valence-corrected chi connectivity index (χ0v) is 22.0. The third-order valence-corrected chi connectivity index (χ3v) is 7.98. The molecule has 1 aliphatic carbocycles. The van der Waals surface area contributed by atoms with Gasteiger partial charge in [0.2, 0.25) is 11.8 Å². The summed E-state index contributed by atoms with van der Waals surface area (Å²) < 4.78 is 0. The van der Waals surface area contributed by atoms with Crippen LogP contribution in [0.2, 0.25) is 5.02 Å². The molecule has 6 nitrogen and oxygen atoms in total. The number of allylic oxidation sites excluding steroid dienone is 2. The minimum absolute atomic E-state index is 0.0884. The molecule has 0 bridgehead atoms. The number of rotatable bonds is 9. The summed E-state index contributed by atoms with van der Waals surface area (Å²) in [5, 5.41) is 32.0. The molecule has 1 saturated heterocycles. The van der Waals surface area contributed by atoms with Crippen molar-refractivity contribution < 1.29 is 24.9 Å². The second-order valence-electron chi connectivity index (χ2n) is 9.97. The van der Waals surface area contributed by atoms with Crippen molar-refractivity contribution in [3.8, 4) is 5.75 Å². The number of hydrogen-bond donors (Lipinski definition) is 3. The lowest BCUT2D eigenvalue weighted by atomic mass is 9.67. The van der Waals surface area contributed by atoms with Crippen LogP contribution in [0.15, 0.2) is 59.7 Å². The molecule has 0 radical (unpaired) electrons. The summed E-state index contributed by atoms with van der Waals surface area (Å²) >= 11 is 6.37. The normalized spacial score (nSPS) is 23.0. The molecule has 0 unspecified atom stereocenters. The molecular formula is C30H34ClNO5. The van der Waals surface area contributed by atoms with Crippen LogP contribution in [0.5, 0.6) is 5.75 Å². The quantitative estimate of drug-likeness (QED) is 0.242. The highest BCUT2D eigenvalue weighted by Gasteiger charge is 2.53. The van der Waals surface area contributed by atoms with Crippen LogP contribution in [-0.2, 0) is 9.59 Å². The topological polar surface area (TPSA) is 98.1 Å². The molecule has 4 atom stereocenters. The third kappa shape index (κ3) is 5.52. The van der Waals surface area contributed by atoms with Gasteiger partial charge in [0.15, 0.2) is 0 Å². The molecular weight excluding hydrogens is 490 g/mol. The summed E-state index contributed by atoms with van der Waals surface area (Å²) in [7, 11) is 1.50. The Morgan fingerprint density at radius 1 is 1.16 bits per heavy atom. The van der Waals surface area contributed by atoms with E-state index in [0.29, 0.717) is 30.7 Å². The second kappa shape index (κ2) is 11.6. The first-order valence-electron chi connectivity index (χ1n) is 12.8. The number of nitrogens with zero attached hydrogens (tertiary/aromatic N) is 1. The van der Waals surface area contributed by atoms with Gasteiger partial charge in [0.25, 0.3) is 0 Å². The van der Waals surface area contributed by atoms with Crippen LogP contribution in [0.25, 0.3) is 11.6 Å². The Bertz CT molecular complexity index is 1220. The van der Waals surface area contributed by atoms with E-state index in [-0.39, 0.29) is 24.2 Å². The number of aromatic hydroxyl groups is 1. The van der Waals surface area contributed by atoms with Crippen LogP contribution in [0.4, 0.5) is 0 Å². The van der Waals surface area contributed by atoms with E-state index < -0.39 is 23.9 Å². The number of amides is 2. The van der Waals surface area contributed by atoms with Crippen molar-refractivity contribution in [2.75, 3.05) is 13.7 Å². The number of imide groups is 1. The predicted octanol–water partition coefficient (Wildman–Crippen LogP) is 5.07. The van der Waals surface area contributed by atoms with Gasteiger partial charge in [-0.25, -0.2) is 0 Å². The summed E-state index contributed by atoms with van der Waals surface area (Å²) in [5.41, 5.74) is 4.41. The maximum atomic E-state index is 12.9. The predicted molar refractivity (Wildman–Crippen MR) is 145 cm³/mol. The van der Waals surface area contributed by atoms with E-state index >= 15 is 0 Å². The average molecular weight is 524 g/mol.